The van der Waals surface area contributed by atoms with E-state index < -0.39 is 11.9 Å². The van der Waals surface area contributed by atoms with E-state index in [9.17, 15) is 14.4 Å². The predicted molar refractivity (Wildman–Crippen MR) is 95.8 cm³/mol. The lowest BCUT2D eigenvalue weighted by Gasteiger charge is -2.29. The highest BCUT2D eigenvalue weighted by molar-refractivity contribution is 5.96. The van der Waals surface area contributed by atoms with Crippen LogP contribution in [0.3, 0.4) is 0 Å². The first-order valence-electron chi connectivity index (χ1n) is 8.87. The molecule has 0 unspecified atom stereocenters. The normalized spacial score (nSPS) is 19.3. The molecule has 1 fully saturated rings. The Kier molecular flexibility index (Phi) is 7.44. The van der Waals surface area contributed by atoms with Crippen LogP contribution in [0.4, 0.5) is 0 Å². The van der Waals surface area contributed by atoms with Gasteiger partial charge in [0.1, 0.15) is 12.3 Å². The van der Waals surface area contributed by atoms with Crippen LogP contribution >= 0.6 is 0 Å². The van der Waals surface area contributed by atoms with Crippen LogP contribution in [0.25, 0.3) is 0 Å². The molecular formula is C19H26N2O5. The Balaban J connectivity index is 1.67. The molecule has 0 aliphatic heterocycles. The van der Waals surface area contributed by atoms with Gasteiger partial charge in [-0.15, -0.1) is 0 Å². The number of benzene rings is 1. The molecule has 0 saturated heterocycles. The highest BCUT2D eigenvalue weighted by Crippen LogP contribution is 2.23. The van der Waals surface area contributed by atoms with E-state index in [1.807, 2.05) is 0 Å². The van der Waals surface area contributed by atoms with Crippen molar-refractivity contribution >= 4 is 17.8 Å². The third-order valence-corrected chi connectivity index (χ3v) is 4.57. The molecule has 1 aromatic carbocycles. The Hall–Kier alpha value is -2.57. The second-order valence-corrected chi connectivity index (χ2v) is 6.51. The van der Waals surface area contributed by atoms with E-state index in [-0.39, 0.29) is 25.1 Å². The molecule has 0 heterocycles. The van der Waals surface area contributed by atoms with Gasteiger partial charge in [-0.25, -0.2) is 0 Å². The summed E-state index contributed by atoms with van der Waals surface area (Å²) in [5.74, 6) is -0.284. The highest BCUT2D eigenvalue weighted by Gasteiger charge is 2.23. The van der Waals surface area contributed by atoms with Crippen molar-refractivity contribution in [1.29, 1.82) is 0 Å². The van der Waals surface area contributed by atoms with Crippen molar-refractivity contribution in [3.63, 3.8) is 0 Å². The second kappa shape index (κ2) is 9.79. The first kappa shape index (κ1) is 19.8. The Morgan fingerprint density at radius 2 is 1.81 bits per heavy atom. The quantitative estimate of drug-likeness (QED) is 0.720. The summed E-state index contributed by atoms with van der Waals surface area (Å²) in [6.45, 7) is 1.49. The number of hydrogen-bond donors (Lipinski definition) is 2. The zero-order valence-corrected chi connectivity index (χ0v) is 15.2. The maximum absolute atomic E-state index is 11.9. The third-order valence-electron chi connectivity index (χ3n) is 4.57. The molecular weight excluding hydrogens is 336 g/mol. The molecule has 1 aliphatic carbocycles. The number of carbonyl (C=O) groups excluding carboxylic acids is 3. The fourth-order valence-electron chi connectivity index (χ4n) is 2.97. The smallest absolute Gasteiger partial charge is 0.325 e. The van der Waals surface area contributed by atoms with Gasteiger partial charge in [-0.05, 0) is 43.0 Å². The van der Waals surface area contributed by atoms with Crippen molar-refractivity contribution in [3.05, 3.63) is 29.8 Å². The zero-order valence-electron chi connectivity index (χ0n) is 15.2. The van der Waals surface area contributed by atoms with Crippen LogP contribution in [0.2, 0.25) is 0 Å². The molecule has 2 atom stereocenters. The number of methoxy groups -OCH3 is 1. The molecule has 26 heavy (non-hydrogen) atoms. The molecule has 2 N–H and O–H groups in total. The fourth-order valence-corrected chi connectivity index (χ4v) is 2.97. The van der Waals surface area contributed by atoms with Gasteiger partial charge in [0.25, 0.3) is 11.8 Å². The number of amides is 2. The number of ether oxygens (including phenoxy) is 2. The standard InChI is InChI=1S/C19H26N2O5/c1-13-5-3-4-6-16(13)21-17(22)12-26-18(23)11-20-19(24)14-7-9-15(25-2)10-8-14/h7-10,13,16H,3-6,11-12H2,1-2H3,(H,20,24)(H,21,22)/t13-,16+/m0/s1. The SMILES string of the molecule is COc1ccc(C(=O)NCC(=O)OCC(=O)N[C@@H]2CCCC[C@@H]2C)cc1. The van der Waals surface area contributed by atoms with E-state index in [0.29, 0.717) is 17.2 Å². The topological polar surface area (TPSA) is 93.7 Å². The molecule has 7 nitrogen and oxygen atoms in total. The Bertz CT molecular complexity index is 629. The second-order valence-electron chi connectivity index (χ2n) is 6.51. The van der Waals surface area contributed by atoms with E-state index >= 15 is 0 Å². The van der Waals surface area contributed by atoms with Gasteiger partial charge >= 0.3 is 5.97 Å². The molecule has 1 aromatic rings. The van der Waals surface area contributed by atoms with Gasteiger partial charge in [0.05, 0.1) is 7.11 Å². The average molecular weight is 362 g/mol. The van der Waals surface area contributed by atoms with Crippen LogP contribution in [-0.2, 0) is 14.3 Å². The number of rotatable bonds is 7. The van der Waals surface area contributed by atoms with Gasteiger partial charge in [-0.1, -0.05) is 19.8 Å². The minimum atomic E-state index is -0.654. The summed E-state index contributed by atoms with van der Waals surface area (Å²) in [5, 5.41) is 5.37. The number of hydrogen-bond acceptors (Lipinski definition) is 5. The Labute approximate surface area is 153 Å². The van der Waals surface area contributed by atoms with E-state index in [1.165, 1.54) is 13.5 Å². The van der Waals surface area contributed by atoms with Crippen LogP contribution in [0.15, 0.2) is 24.3 Å². The van der Waals surface area contributed by atoms with Gasteiger partial charge in [0.2, 0.25) is 0 Å². The summed E-state index contributed by atoms with van der Waals surface area (Å²) < 4.78 is 9.94. The van der Waals surface area contributed by atoms with E-state index in [0.717, 1.165) is 19.3 Å². The minimum Gasteiger partial charge on any atom is -0.497 e. The molecule has 2 amide bonds. The van der Waals surface area contributed by atoms with Gasteiger partial charge in [-0.3, -0.25) is 14.4 Å². The van der Waals surface area contributed by atoms with Crippen LogP contribution in [0.1, 0.15) is 43.0 Å². The Morgan fingerprint density at radius 1 is 1.12 bits per heavy atom. The summed E-state index contributed by atoms with van der Waals surface area (Å²) in [7, 11) is 1.54. The molecule has 142 valence electrons. The molecule has 0 spiro atoms. The monoisotopic (exact) mass is 362 g/mol. The summed E-state index contributed by atoms with van der Waals surface area (Å²) >= 11 is 0. The molecule has 2 rings (SSSR count). The maximum Gasteiger partial charge on any atom is 0.325 e. The molecule has 1 aliphatic rings. The van der Waals surface area contributed by atoms with Crippen molar-refractivity contribution < 1.29 is 23.9 Å². The largest absolute Gasteiger partial charge is 0.497 e. The molecule has 0 aromatic heterocycles. The van der Waals surface area contributed by atoms with Crippen molar-refractivity contribution in [2.45, 2.75) is 38.6 Å². The third kappa shape index (κ3) is 6.06. The van der Waals surface area contributed by atoms with Crippen molar-refractivity contribution in [2.24, 2.45) is 5.92 Å². The lowest BCUT2D eigenvalue weighted by Crippen LogP contribution is -2.43. The van der Waals surface area contributed by atoms with E-state index in [4.69, 9.17) is 9.47 Å². The molecule has 0 bridgehead atoms. The lowest BCUT2D eigenvalue weighted by molar-refractivity contribution is -0.147. The van der Waals surface area contributed by atoms with Gasteiger partial charge < -0.3 is 20.1 Å². The number of nitrogens with one attached hydrogen (secondary N) is 2. The van der Waals surface area contributed by atoms with Crippen molar-refractivity contribution in [3.8, 4) is 5.75 Å². The highest BCUT2D eigenvalue weighted by atomic mass is 16.5. The first-order valence-corrected chi connectivity index (χ1v) is 8.87. The zero-order chi connectivity index (χ0) is 18.9. The van der Waals surface area contributed by atoms with Gasteiger partial charge in [0.15, 0.2) is 6.61 Å². The molecule has 0 radical (unpaired) electrons. The first-order chi connectivity index (χ1) is 12.5. The van der Waals surface area contributed by atoms with Crippen LogP contribution in [0, 0.1) is 5.92 Å². The fraction of sp³-hybridized carbons (Fsp3) is 0.526. The summed E-state index contributed by atoms with van der Waals surface area (Å²) in [6, 6.07) is 6.65. The van der Waals surface area contributed by atoms with Crippen molar-refractivity contribution in [1.82, 2.24) is 10.6 Å². The minimum absolute atomic E-state index is 0.143. The van der Waals surface area contributed by atoms with Gasteiger partial charge in [0, 0.05) is 11.6 Å². The summed E-state index contributed by atoms with van der Waals surface area (Å²) in [6.07, 6.45) is 4.35. The van der Waals surface area contributed by atoms with E-state index in [2.05, 4.69) is 17.6 Å². The van der Waals surface area contributed by atoms with Crippen LogP contribution in [-0.4, -0.2) is 44.1 Å². The number of carbonyl (C=O) groups is 3. The summed E-state index contributed by atoms with van der Waals surface area (Å²) in [4.78, 5) is 35.5. The molecule has 1 saturated carbocycles. The van der Waals surface area contributed by atoms with Crippen molar-refractivity contribution in [2.75, 3.05) is 20.3 Å². The van der Waals surface area contributed by atoms with Crippen LogP contribution in [0.5, 0.6) is 5.75 Å². The van der Waals surface area contributed by atoms with Crippen LogP contribution < -0.4 is 15.4 Å². The lowest BCUT2D eigenvalue weighted by atomic mass is 9.86. The Morgan fingerprint density at radius 3 is 2.46 bits per heavy atom. The van der Waals surface area contributed by atoms with Gasteiger partial charge in [-0.2, -0.15) is 0 Å². The maximum atomic E-state index is 11.9. The summed E-state index contributed by atoms with van der Waals surface area (Å²) in [5.41, 5.74) is 0.405. The average Bonchev–Trinajstić information content (AvgIpc) is 2.66. The number of esters is 1. The molecule has 7 heteroatoms. The predicted octanol–water partition coefficient (Wildman–Crippen LogP) is 1.66. The van der Waals surface area contributed by atoms with E-state index in [1.54, 1.807) is 24.3 Å².